The van der Waals surface area contributed by atoms with E-state index in [-0.39, 0.29) is 18.1 Å². The number of rotatable bonds is 2. The summed E-state index contributed by atoms with van der Waals surface area (Å²) in [6, 6.07) is 1.48. The Kier molecular flexibility index (Phi) is 2.89. The summed E-state index contributed by atoms with van der Waals surface area (Å²) in [7, 11) is 0. The van der Waals surface area contributed by atoms with Gasteiger partial charge in [-0.05, 0) is 12.8 Å². The molecule has 2 heterocycles. The normalized spacial score (nSPS) is 20.8. The molecule has 0 bridgehead atoms. The number of hydrogen-bond donors (Lipinski definition) is 1. The van der Waals surface area contributed by atoms with Crippen LogP contribution in [0.5, 0.6) is 0 Å². The molecule has 1 amide bonds. The van der Waals surface area contributed by atoms with E-state index in [2.05, 4.69) is 9.68 Å². The Hall–Kier alpha value is -1.85. The van der Waals surface area contributed by atoms with Crippen molar-refractivity contribution < 1.29 is 19.2 Å². The van der Waals surface area contributed by atoms with E-state index in [0.717, 1.165) is 0 Å². The van der Waals surface area contributed by atoms with Crippen molar-refractivity contribution in [3.63, 3.8) is 0 Å². The number of hydrogen-bond acceptors (Lipinski definition) is 4. The topological polar surface area (TPSA) is 83.6 Å². The van der Waals surface area contributed by atoms with Gasteiger partial charge in [-0.2, -0.15) is 0 Å². The highest BCUT2D eigenvalue weighted by molar-refractivity contribution is 5.92. The van der Waals surface area contributed by atoms with Crippen LogP contribution < -0.4 is 0 Å². The van der Waals surface area contributed by atoms with Gasteiger partial charge in [-0.15, -0.1) is 0 Å². The maximum absolute atomic E-state index is 11.8. The van der Waals surface area contributed by atoms with E-state index in [1.165, 1.54) is 17.2 Å². The molecule has 0 radical (unpaired) electrons. The van der Waals surface area contributed by atoms with E-state index in [9.17, 15) is 9.59 Å². The molecule has 16 heavy (non-hydrogen) atoms. The molecule has 1 aromatic rings. The number of amides is 1. The maximum Gasteiger partial charge on any atom is 0.308 e. The van der Waals surface area contributed by atoms with Crippen LogP contribution in [0.3, 0.4) is 0 Å². The van der Waals surface area contributed by atoms with E-state index >= 15 is 0 Å². The Morgan fingerprint density at radius 2 is 2.38 bits per heavy atom. The molecule has 6 nitrogen and oxygen atoms in total. The summed E-state index contributed by atoms with van der Waals surface area (Å²) in [5.41, 5.74) is 0.228. The van der Waals surface area contributed by atoms with Crippen molar-refractivity contribution in [2.75, 3.05) is 13.1 Å². The fourth-order valence-electron chi connectivity index (χ4n) is 1.85. The standard InChI is InChI=1S/C10H12N2O4/c13-9(8-3-5-16-11-8)12-4-1-2-7(6-12)10(14)15/h3,5,7H,1-2,4,6H2,(H,14,15). The molecule has 1 saturated heterocycles. The first-order valence-corrected chi connectivity index (χ1v) is 5.11. The largest absolute Gasteiger partial charge is 0.481 e. The van der Waals surface area contributed by atoms with E-state index in [1.807, 2.05) is 0 Å². The molecule has 1 aliphatic heterocycles. The Balaban J connectivity index is 2.05. The van der Waals surface area contributed by atoms with Crippen molar-refractivity contribution in [1.29, 1.82) is 0 Å². The summed E-state index contributed by atoms with van der Waals surface area (Å²) in [6.45, 7) is 0.830. The van der Waals surface area contributed by atoms with Gasteiger partial charge in [0.2, 0.25) is 0 Å². The molecule has 1 N–H and O–H groups in total. The third kappa shape index (κ3) is 2.05. The van der Waals surface area contributed by atoms with E-state index < -0.39 is 11.9 Å². The number of aromatic nitrogens is 1. The van der Waals surface area contributed by atoms with Gasteiger partial charge < -0.3 is 14.5 Å². The first-order chi connectivity index (χ1) is 7.68. The lowest BCUT2D eigenvalue weighted by Gasteiger charge is -2.29. The number of likely N-dealkylation sites (tertiary alicyclic amines) is 1. The number of carbonyl (C=O) groups excluding carboxylic acids is 1. The van der Waals surface area contributed by atoms with E-state index in [1.54, 1.807) is 0 Å². The molecular formula is C10H12N2O4. The molecule has 0 saturated carbocycles. The number of carbonyl (C=O) groups is 2. The van der Waals surface area contributed by atoms with Crippen LogP contribution in [0.4, 0.5) is 0 Å². The summed E-state index contributed by atoms with van der Waals surface area (Å²) < 4.78 is 4.59. The molecule has 86 valence electrons. The quantitative estimate of drug-likeness (QED) is 0.795. The summed E-state index contributed by atoms with van der Waals surface area (Å²) in [5, 5.41) is 12.4. The average Bonchev–Trinajstić information content (AvgIpc) is 2.81. The number of nitrogens with zero attached hydrogens (tertiary/aromatic N) is 2. The van der Waals surface area contributed by atoms with Crippen molar-refractivity contribution >= 4 is 11.9 Å². The first-order valence-electron chi connectivity index (χ1n) is 5.11. The zero-order chi connectivity index (χ0) is 11.5. The lowest BCUT2D eigenvalue weighted by Crippen LogP contribution is -2.42. The smallest absolute Gasteiger partial charge is 0.308 e. The second-order valence-electron chi connectivity index (χ2n) is 3.81. The molecule has 0 spiro atoms. The van der Waals surface area contributed by atoms with Crippen LogP contribution in [0.2, 0.25) is 0 Å². The van der Waals surface area contributed by atoms with Crippen LogP contribution in [0.15, 0.2) is 16.9 Å². The van der Waals surface area contributed by atoms with Gasteiger partial charge in [0.15, 0.2) is 5.69 Å². The second kappa shape index (κ2) is 4.34. The highest BCUT2D eigenvalue weighted by Gasteiger charge is 2.29. The summed E-state index contributed by atoms with van der Waals surface area (Å²) in [4.78, 5) is 24.2. The molecule has 1 atom stereocenters. The zero-order valence-corrected chi connectivity index (χ0v) is 8.63. The molecule has 0 aliphatic carbocycles. The van der Waals surface area contributed by atoms with Crippen LogP contribution in [0.25, 0.3) is 0 Å². The minimum absolute atomic E-state index is 0.228. The van der Waals surface area contributed by atoms with Crippen LogP contribution in [0.1, 0.15) is 23.3 Å². The highest BCUT2D eigenvalue weighted by Crippen LogP contribution is 2.18. The van der Waals surface area contributed by atoms with Crippen molar-refractivity contribution in [2.24, 2.45) is 5.92 Å². The highest BCUT2D eigenvalue weighted by atomic mass is 16.5. The number of aliphatic carboxylic acids is 1. The number of piperidine rings is 1. The van der Waals surface area contributed by atoms with Gasteiger partial charge in [-0.1, -0.05) is 5.16 Å². The molecule has 1 aliphatic rings. The minimum atomic E-state index is -0.849. The van der Waals surface area contributed by atoms with Gasteiger partial charge in [-0.25, -0.2) is 0 Å². The third-order valence-corrected chi connectivity index (χ3v) is 2.71. The minimum Gasteiger partial charge on any atom is -0.481 e. The molecule has 1 unspecified atom stereocenters. The average molecular weight is 224 g/mol. The predicted octanol–water partition coefficient (Wildman–Crippen LogP) is 0.611. The number of carboxylic acid groups (broad SMARTS) is 1. The fraction of sp³-hybridized carbons (Fsp3) is 0.500. The van der Waals surface area contributed by atoms with Crippen LogP contribution >= 0.6 is 0 Å². The van der Waals surface area contributed by atoms with Gasteiger partial charge >= 0.3 is 5.97 Å². The Morgan fingerprint density at radius 3 is 3.00 bits per heavy atom. The molecule has 1 aromatic heterocycles. The second-order valence-corrected chi connectivity index (χ2v) is 3.81. The van der Waals surface area contributed by atoms with E-state index in [0.29, 0.717) is 19.4 Å². The third-order valence-electron chi connectivity index (χ3n) is 2.71. The molecule has 2 rings (SSSR count). The van der Waals surface area contributed by atoms with Gasteiger partial charge in [0.25, 0.3) is 5.91 Å². The molecule has 0 aromatic carbocycles. The lowest BCUT2D eigenvalue weighted by molar-refractivity contribution is -0.143. The summed E-state index contributed by atoms with van der Waals surface area (Å²) >= 11 is 0. The summed E-state index contributed by atoms with van der Waals surface area (Å²) in [6.07, 6.45) is 2.66. The van der Waals surface area contributed by atoms with Crippen molar-refractivity contribution in [1.82, 2.24) is 10.1 Å². The Morgan fingerprint density at radius 1 is 1.56 bits per heavy atom. The molecular weight excluding hydrogens is 212 g/mol. The van der Waals surface area contributed by atoms with Crippen LogP contribution in [0, 0.1) is 5.92 Å². The van der Waals surface area contributed by atoms with Crippen molar-refractivity contribution in [3.05, 3.63) is 18.0 Å². The van der Waals surface area contributed by atoms with Crippen LogP contribution in [-0.2, 0) is 4.79 Å². The fourth-order valence-corrected chi connectivity index (χ4v) is 1.85. The number of carboxylic acids is 1. The SMILES string of the molecule is O=C(O)C1CCCN(C(=O)c2ccon2)C1. The van der Waals surface area contributed by atoms with Gasteiger partial charge in [-0.3, -0.25) is 9.59 Å². The molecule has 6 heteroatoms. The molecule has 1 fully saturated rings. The van der Waals surface area contributed by atoms with Gasteiger partial charge in [0.05, 0.1) is 5.92 Å². The predicted molar refractivity (Wildman–Crippen MR) is 52.8 cm³/mol. The maximum atomic E-state index is 11.8. The van der Waals surface area contributed by atoms with Crippen molar-refractivity contribution in [3.8, 4) is 0 Å². The summed E-state index contributed by atoms with van der Waals surface area (Å²) in [5.74, 6) is -1.58. The van der Waals surface area contributed by atoms with Gasteiger partial charge in [0.1, 0.15) is 6.26 Å². The van der Waals surface area contributed by atoms with Crippen molar-refractivity contribution in [2.45, 2.75) is 12.8 Å². The lowest BCUT2D eigenvalue weighted by atomic mass is 9.98. The van der Waals surface area contributed by atoms with Gasteiger partial charge in [0, 0.05) is 19.2 Å². The monoisotopic (exact) mass is 224 g/mol. The Labute approximate surface area is 91.8 Å². The van der Waals surface area contributed by atoms with E-state index in [4.69, 9.17) is 5.11 Å². The Bertz CT molecular complexity index is 388. The first kappa shape index (κ1) is 10.7. The zero-order valence-electron chi connectivity index (χ0n) is 8.63. The van der Waals surface area contributed by atoms with Crippen LogP contribution in [-0.4, -0.2) is 40.1 Å².